The Balaban J connectivity index is 1.74. The van der Waals surface area contributed by atoms with Gasteiger partial charge in [0.1, 0.15) is 0 Å². The Morgan fingerprint density at radius 1 is 1.25 bits per heavy atom. The third-order valence-electron chi connectivity index (χ3n) is 4.91. The van der Waals surface area contributed by atoms with Crippen LogP contribution in [0.4, 0.5) is 5.69 Å². The lowest BCUT2D eigenvalue weighted by molar-refractivity contribution is -0.121. The van der Waals surface area contributed by atoms with Crippen molar-refractivity contribution in [3.63, 3.8) is 0 Å². The van der Waals surface area contributed by atoms with Gasteiger partial charge in [0, 0.05) is 46.6 Å². The van der Waals surface area contributed by atoms with Crippen LogP contribution in [-0.2, 0) is 9.59 Å². The number of aryl methyl sites for hydroxylation is 1. The van der Waals surface area contributed by atoms with Crippen LogP contribution in [0.25, 0.3) is 0 Å². The van der Waals surface area contributed by atoms with E-state index >= 15 is 0 Å². The lowest BCUT2D eigenvalue weighted by atomic mass is 9.93. The van der Waals surface area contributed by atoms with Gasteiger partial charge in [-0.2, -0.15) is 0 Å². The predicted molar refractivity (Wildman–Crippen MR) is 114 cm³/mol. The first kappa shape index (κ1) is 22.0. The molecule has 0 radical (unpaired) electrons. The summed E-state index contributed by atoms with van der Waals surface area (Å²) in [5.74, 6) is 1.21. The number of aliphatic imine (C=N–C) groups is 1. The first-order valence-electron chi connectivity index (χ1n) is 9.65. The minimum Gasteiger partial charge on any atom is -0.359 e. The number of amides is 2. The molecule has 0 bridgehead atoms. The molecular weight excluding hydrogens is 378 g/mol. The van der Waals surface area contributed by atoms with E-state index in [0.717, 1.165) is 37.5 Å². The second-order valence-electron chi connectivity index (χ2n) is 7.06. The fraction of sp³-hybridized carbons (Fsp3) is 0.550. The number of carbonyl (C=O) groups is 2. The average Bonchev–Trinajstić information content (AvgIpc) is 2.68. The Bertz CT molecular complexity index is 715. The van der Waals surface area contributed by atoms with Crippen molar-refractivity contribution in [3.8, 4) is 0 Å². The van der Waals surface area contributed by atoms with Gasteiger partial charge in [0.05, 0.1) is 10.7 Å². The highest BCUT2D eigenvalue weighted by molar-refractivity contribution is 6.33. The number of rotatable bonds is 6. The summed E-state index contributed by atoms with van der Waals surface area (Å²) in [6, 6.07) is 5.55. The van der Waals surface area contributed by atoms with Gasteiger partial charge in [0.15, 0.2) is 5.96 Å². The molecule has 1 heterocycles. The molecule has 2 amide bonds. The van der Waals surface area contributed by atoms with Gasteiger partial charge in [-0.15, -0.1) is 0 Å². The molecule has 1 saturated heterocycles. The van der Waals surface area contributed by atoms with E-state index in [2.05, 4.69) is 25.8 Å². The standard InChI is InChI=1S/C20H30ClN5O2/c1-14-4-5-17(16(21)12-14)25-18(27)6-9-24-20(23-3)26-10-7-15(8-11-26)13-19(28)22-2/h4-5,12,15H,6-11,13H2,1-3H3,(H,22,28)(H,23,24)(H,25,27). The maximum atomic E-state index is 12.2. The maximum Gasteiger partial charge on any atom is 0.226 e. The Kier molecular flexibility index (Phi) is 8.57. The van der Waals surface area contributed by atoms with E-state index in [9.17, 15) is 9.59 Å². The molecule has 1 aromatic carbocycles. The third-order valence-corrected chi connectivity index (χ3v) is 5.23. The zero-order valence-corrected chi connectivity index (χ0v) is 17.6. The summed E-state index contributed by atoms with van der Waals surface area (Å²) >= 11 is 6.15. The Morgan fingerprint density at radius 2 is 1.96 bits per heavy atom. The van der Waals surface area contributed by atoms with Crippen molar-refractivity contribution in [2.24, 2.45) is 10.9 Å². The molecule has 0 spiro atoms. The van der Waals surface area contributed by atoms with E-state index < -0.39 is 0 Å². The molecule has 0 aliphatic carbocycles. The molecule has 7 nitrogen and oxygen atoms in total. The molecule has 0 unspecified atom stereocenters. The molecule has 8 heteroatoms. The van der Waals surface area contributed by atoms with E-state index in [1.807, 2.05) is 25.1 Å². The zero-order chi connectivity index (χ0) is 20.5. The molecule has 154 valence electrons. The van der Waals surface area contributed by atoms with Crippen molar-refractivity contribution in [2.45, 2.75) is 32.6 Å². The van der Waals surface area contributed by atoms with Gasteiger partial charge in [-0.3, -0.25) is 14.6 Å². The second-order valence-corrected chi connectivity index (χ2v) is 7.47. The number of benzene rings is 1. The van der Waals surface area contributed by atoms with Gasteiger partial charge < -0.3 is 20.9 Å². The first-order valence-corrected chi connectivity index (χ1v) is 10.0. The van der Waals surface area contributed by atoms with E-state index in [-0.39, 0.29) is 11.8 Å². The summed E-state index contributed by atoms with van der Waals surface area (Å²) in [4.78, 5) is 30.2. The maximum absolute atomic E-state index is 12.2. The molecule has 0 aromatic heterocycles. The second kappa shape index (κ2) is 10.9. The van der Waals surface area contributed by atoms with E-state index in [4.69, 9.17) is 11.6 Å². The van der Waals surface area contributed by atoms with Crippen molar-refractivity contribution in [2.75, 3.05) is 39.0 Å². The summed E-state index contributed by atoms with van der Waals surface area (Å²) < 4.78 is 0. The van der Waals surface area contributed by atoms with Crippen LogP contribution in [0.1, 0.15) is 31.2 Å². The molecule has 0 atom stereocenters. The number of guanidine groups is 1. The van der Waals surface area contributed by atoms with Crippen molar-refractivity contribution in [1.82, 2.24) is 15.5 Å². The number of anilines is 1. The Hall–Kier alpha value is -2.28. The van der Waals surface area contributed by atoms with E-state index in [1.54, 1.807) is 14.1 Å². The van der Waals surface area contributed by atoms with Crippen molar-refractivity contribution >= 4 is 35.1 Å². The van der Waals surface area contributed by atoms with Gasteiger partial charge in [-0.1, -0.05) is 17.7 Å². The molecule has 1 aliphatic rings. The minimum atomic E-state index is -0.0991. The van der Waals surface area contributed by atoms with Crippen molar-refractivity contribution in [3.05, 3.63) is 28.8 Å². The highest BCUT2D eigenvalue weighted by atomic mass is 35.5. The van der Waals surface area contributed by atoms with Crippen LogP contribution < -0.4 is 16.0 Å². The van der Waals surface area contributed by atoms with Gasteiger partial charge in [-0.25, -0.2) is 0 Å². The lowest BCUT2D eigenvalue weighted by Gasteiger charge is -2.34. The highest BCUT2D eigenvalue weighted by Gasteiger charge is 2.23. The number of likely N-dealkylation sites (tertiary alicyclic amines) is 1. The first-order chi connectivity index (χ1) is 13.4. The molecule has 3 N–H and O–H groups in total. The molecule has 1 aromatic rings. The van der Waals surface area contributed by atoms with Crippen LogP contribution in [-0.4, -0.2) is 56.4 Å². The van der Waals surface area contributed by atoms with Gasteiger partial charge in [0.2, 0.25) is 11.8 Å². The summed E-state index contributed by atoms with van der Waals surface area (Å²) in [5, 5.41) is 9.31. The molecule has 1 fully saturated rings. The van der Waals surface area contributed by atoms with E-state index in [1.165, 1.54) is 0 Å². The number of halogens is 1. The van der Waals surface area contributed by atoms with Crippen LogP contribution >= 0.6 is 11.6 Å². The summed E-state index contributed by atoms with van der Waals surface area (Å²) in [7, 11) is 3.41. The zero-order valence-electron chi connectivity index (χ0n) is 16.8. The third kappa shape index (κ3) is 6.71. The largest absolute Gasteiger partial charge is 0.359 e. The van der Waals surface area contributed by atoms with Gasteiger partial charge in [-0.05, 0) is 43.4 Å². The average molecular weight is 408 g/mol. The lowest BCUT2D eigenvalue weighted by Crippen LogP contribution is -2.46. The normalized spacial score (nSPS) is 15.3. The fourth-order valence-corrected chi connectivity index (χ4v) is 3.55. The molecule has 28 heavy (non-hydrogen) atoms. The minimum absolute atomic E-state index is 0.0978. The van der Waals surface area contributed by atoms with Crippen LogP contribution in [0.5, 0.6) is 0 Å². The molecular formula is C20H30ClN5O2. The summed E-state index contributed by atoms with van der Waals surface area (Å²) in [6.07, 6.45) is 2.82. The fourth-order valence-electron chi connectivity index (χ4n) is 3.27. The Morgan fingerprint density at radius 3 is 2.57 bits per heavy atom. The smallest absolute Gasteiger partial charge is 0.226 e. The quantitative estimate of drug-likeness (QED) is 0.499. The SMILES string of the molecule is CN=C(NCCC(=O)Nc1ccc(C)cc1Cl)N1CCC(CC(=O)NC)CC1. The van der Waals surface area contributed by atoms with Gasteiger partial charge >= 0.3 is 0 Å². The van der Waals surface area contributed by atoms with Crippen LogP contribution in [0.15, 0.2) is 23.2 Å². The predicted octanol–water partition coefficient (Wildman–Crippen LogP) is 2.40. The summed E-state index contributed by atoms with van der Waals surface area (Å²) in [5.41, 5.74) is 1.67. The monoisotopic (exact) mass is 407 g/mol. The summed E-state index contributed by atoms with van der Waals surface area (Å²) in [6.45, 7) is 4.15. The number of nitrogens with one attached hydrogen (secondary N) is 3. The van der Waals surface area contributed by atoms with Gasteiger partial charge in [0.25, 0.3) is 0 Å². The van der Waals surface area contributed by atoms with E-state index in [0.29, 0.717) is 36.0 Å². The molecule has 2 rings (SSSR count). The van der Waals surface area contributed by atoms with Crippen LogP contribution in [0.3, 0.4) is 0 Å². The number of hydrogen-bond acceptors (Lipinski definition) is 3. The van der Waals surface area contributed by atoms with Crippen LogP contribution in [0.2, 0.25) is 5.02 Å². The van der Waals surface area contributed by atoms with Crippen molar-refractivity contribution < 1.29 is 9.59 Å². The molecule has 0 saturated carbocycles. The number of carbonyl (C=O) groups excluding carboxylic acids is 2. The highest BCUT2D eigenvalue weighted by Crippen LogP contribution is 2.23. The number of nitrogens with zero attached hydrogens (tertiary/aromatic N) is 2. The Labute approximate surface area is 171 Å². The van der Waals surface area contributed by atoms with Crippen LogP contribution in [0, 0.1) is 12.8 Å². The number of piperidine rings is 1. The van der Waals surface area contributed by atoms with Crippen molar-refractivity contribution in [1.29, 1.82) is 0 Å². The topological polar surface area (TPSA) is 85.8 Å². The molecule has 1 aliphatic heterocycles. The number of hydrogen-bond donors (Lipinski definition) is 3.